The summed E-state index contributed by atoms with van der Waals surface area (Å²) in [5, 5.41) is 3.01. The molecule has 7 nitrogen and oxygen atoms in total. The predicted molar refractivity (Wildman–Crippen MR) is 94.7 cm³/mol. The number of anilines is 3. The second-order valence-corrected chi connectivity index (χ2v) is 6.26. The lowest BCUT2D eigenvalue weighted by Gasteiger charge is -2.39. The first kappa shape index (κ1) is 18.7. The van der Waals surface area contributed by atoms with Crippen LogP contribution >= 0.6 is 0 Å². The zero-order chi connectivity index (χ0) is 19.6. The summed E-state index contributed by atoms with van der Waals surface area (Å²) in [5.74, 6) is 0.991. The number of benzene rings is 1. The summed E-state index contributed by atoms with van der Waals surface area (Å²) < 4.78 is 38.1. The van der Waals surface area contributed by atoms with Crippen LogP contribution in [0, 0.1) is 0 Å². The minimum absolute atomic E-state index is 0.0998. The molecule has 27 heavy (non-hydrogen) atoms. The van der Waals surface area contributed by atoms with E-state index < -0.39 is 17.8 Å². The van der Waals surface area contributed by atoms with Crippen molar-refractivity contribution in [3.63, 3.8) is 0 Å². The number of nitrogens with zero attached hydrogens (tertiary/aromatic N) is 4. The highest BCUT2D eigenvalue weighted by atomic mass is 19.4. The van der Waals surface area contributed by atoms with Gasteiger partial charge in [-0.3, -0.25) is 0 Å². The van der Waals surface area contributed by atoms with Crippen LogP contribution in [-0.4, -0.2) is 46.6 Å². The van der Waals surface area contributed by atoms with Crippen LogP contribution < -0.4 is 16.0 Å². The fourth-order valence-corrected chi connectivity index (χ4v) is 3.01. The molecule has 1 saturated heterocycles. The van der Waals surface area contributed by atoms with E-state index >= 15 is 0 Å². The van der Waals surface area contributed by atoms with E-state index in [4.69, 9.17) is 5.73 Å². The molecule has 0 spiro atoms. The van der Waals surface area contributed by atoms with Gasteiger partial charge in [0.15, 0.2) is 11.6 Å². The van der Waals surface area contributed by atoms with Gasteiger partial charge in [0.05, 0.1) is 5.56 Å². The number of urea groups is 1. The number of alkyl halides is 3. The maximum absolute atomic E-state index is 12.7. The number of hydrogen-bond acceptors (Lipinski definition) is 5. The van der Waals surface area contributed by atoms with Crippen LogP contribution in [0.1, 0.15) is 12.5 Å². The van der Waals surface area contributed by atoms with Crippen LogP contribution in [0.4, 0.5) is 35.3 Å². The Morgan fingerprint density at radius 3 is 2.44 bits per heavy atom. The number of rotatable bonds is 3. The first-order valence-corrected chi connectivity index (χ1v) is 8.32. The molecule has 2 amide bonds. The molecule has 10 heteroatoms. The van der Waals surface area contributed by atoms with E-state index in [0.717, 1.165) is 12.1 Å². The number of nitrogens with two attached hydrogens (primary N) is 1. The normalized spacial score (nSPS) is 17.7. The summed E-state index contributed by atoms with van der Waals surface area (Å²) in [5.41, 5.74) is 5.11. The second kappa shape index (κ2) is 7.29. The van der Waals surface area contributed by atoms with Gasteiger partial charge in [0.1, 0.15) is 0 Å². The molecule has 0 saturated carbocycles. The Kier molecular flexibility index (Phi) is 5.06. The highest BCUT2D eigenvalue weighted by Gasteiger charge is 2.30. The molecule has 2 aromatic rings. The van der Waals surface area contributed by atoms with Gasteiger partial charge in [-0.2, -0.15) is 13.2 Å². The third-order valence-electron chi connectivity index (χ3n) is 4.36. The van der Waals surface area contributed by atoms with Crippen molar-refractivity contribution in [3.8, 4) is 0 Å². The van der Waals surface area contributed by atoms with Gasteiger partial charge in [0, 0.05) is 43.8 Å². The van der Waals surface area contributed by atoms with Crippen LogP contribution in [0.25, 0.3) is 0 Å². The molecule has 3 rings (SSSR count). The number of carbonyl (C=O) groups is 1. The van der Waals surface area contributed by atoms with Crippen molar-refractivity contribution in [2.75, 3.05) is 29.9 Å². The maximum atomic E-state index is 12.7. The number of amides is 2. The number of aromatic nitrogens is 2. The van der Waals surface area contributed by atoms with Crippen molar-refractivity contribution in [3.05, 3.63) is 42.2 Å². The third kappa shape index (κ3) is 4.21. The maximum Gasteiger partial charge on any atom is 0.416 e. The zero-order valence-corrected chi connectivity index (χ0v) is 14.6. The van der Waals surface area contributed by atoms with Gasteiger partial charge in [-0.1, -0.05) is 0 Å². The molecule has 3 N–H and O–H groups in total. The van der Waals surface area contributed by atoms with Crippen molar-refractivity contribution < 1.29 is 18.0 Å². The third-order valence-corrected chi connectivity index (χ3v) is 4.36. The molecule has 1 aliphatic heterocycles. The topological polar surface area (TPSA) is 87.4 Å². The number of piperazine rings is 1. The molecular formula is C17H19F3N6O. The lowest BCUT2D eigenvalue weighted by atomic mass is 10.2. The Bertz CT molecular complexity index is 811. The summed E-state index contributed by atoms with van der Waals surface area (Å²) in [7, 11) is 0. The van der Waals surface area contributed by atoms with E-state index in [0.29, 0.717) is 37.0 Å². The Labute approximate surface area is 154 Å². The molecule has 144 valence electrons. The van der Waals surface area contributed by atoms with Crippen molar-refractivity contribution in [1.29, 1.82) is 0 Å². The smallest absolute Gasteiger partial charge is 0.351 e. The van der Waals surface area contributed by atoms with Gasteiger partial charge >= 0.3 is 12.2 Å². The summed E-state index contributed by atoms with van der Waals surface area (Å²) in [6.45, 7) is 3.38. The number of hydrogen-bond donors (Lipinski definition) is 2. The molecule has 2 heterocycles. The largest absolute Gasteiger partial charge is 0.416 e. The van der Waals surface area contributed by atoms with E-state index in [9.17, 15) is 18.0 Å². The molecule has 1 unspecified atom stereocenters. The molecule has 1 aromatic carbocycles. The summed E-state index contributed by atoms with van der Waals surface area (Å²) in [6.07, 6.45) is -1.34. The quantitative estimate of drug-likeness (QED) is 0.855. The highest BCUT2D eigenvalue weighted by molar-refractivity contribution is 5.73. The van der Waals surface area contributed by atoms with Crippen molar-refractivity contribution in [2.24, 2.45) is 5.73 Å². The first-order valence-electron chi connectivity index (χ1n) is 8.32. The Hall–Kier alpha value is -3.04. The molecule has 1 aromatic heterocycles. The van der Waals surface area contributed by atoms with Crippen LogP contribution in [0.5, 0.6) is 0 Å². The molecule has 0 bridgehead atoms. The second-order valence-electron chi connectivity index (χ2n) is 6.26. The van der Waals surface area contributed by atoms with Crippen molar-refractivity contribution >= 4 is 23.4 Å². The molecular weight excluding hydrogens is 361 g/mol. The fourth-order valence-electron chi connectivity index (χ4n) is 3.01. The SMILES string of the molecule is CC1CN(c2nccnc2Nc2ccc(C(F)(F)F)cc2)CCN1C(N)=O. The summed E-state index contributed by atoms with van der Waals surface area (Å²) in [4.78, 5) is 23.6. The number of carbonyl (C=O) groups excluding carboxylic acids is 1. The average Bonchev–Trinajstić information content (AvgIpc) is 2.61. The van der Waals surface area contributed by atoms with Gasteiger partial charge in [0.25, 0.3) is 0 Å². The predicted octanol–water partition coefficient (Wildman–Crippen LogP) is 2.83. The van der Waals surface area contributed by atoms with Crippen molar-refractivity contribution in [2.45, 2.75) is 19.1 Å². The van der Waals surface area contributed by atoms with E-state index in [1.54, 1.807) is 11.1 Å². The molecule has 1 aliphatic rings. The van der Waals surface area contributed by atoms with Crippen LogP contribution in [-0.2, 0) is 6.18 Å². The van der Waals surface area contributed by atoms with Crippen LogP contribution in [0.15, 0.2) is 36.7 Å². The summed E-state index contributed by atoms with van der Waals surface area (Å²) in [6, 6.07) is 4.13. The van der Waals surface area contributed by atoms with Crippen LogP contribution in [0.2, 0.25) is 0 Å². The average molecular weight is 380 g/mol. The minimum Gasteiger partial charge on any atom is -0.351 e. The van der Waals surface area contributed by atoms with Gasteiger partial charge in [-0.05, 0) is 31.2 Å². The van der Waals surface area contributed by atoms with Gasteiger partial charge in [-0.25, -0.2) is 14.8 Å². The van der Waals surface area contributed by atoms with Gasteiger partial charge in [0.2, 0.25) is 0 Å². The van der Waals surface area contributed by atoms with E-state index in [2.05, 4.69) is 15.3 Å². The highest BCUT2D eigenvalue weighted by Crippen LogP contribution is 2.31. The molecule has 1 fully saturated rings. The Morgan fingerprint density at radius 1 is 1.19 bits per heavy atom. The van der Waals surface area contributed by atoms with Crippen LogP contribution in [0.3, 0.4) is 0 Å². The lowest BCUT2D eigenvalue weighted by molar-refractivity contribution is -0.137. The minimum atomic E-state index is -4.38. The van der Waals surface area contributed by atoms with E-state index in [1.165, 1.54) is 18.3 Å². The fraction of sp³-hybridized carbons (Fsp3) is 0.353. The first-order chi connectivity index (χ1) is 12.8. The molecule has 0 aliphatic carbocycles. The standard InChI is InChI=1S/C17H19F3N6O/c1-11-10-25(8-9-26(11)16(21)27)15-14(22-6-7-23-15)24-13-4-2-12(3-5-13)17(18,19)20/h2-7,11H,8-10H2,1H3,(H2,21,27)(H,22,24). The van der Waals surface area contributed by atoms with E-state index in [1.807, 2.05) is 11.8 Å². The molecule has 0 radical (unpaired) electrons. The van der Waals surface area contributed by atoms with Gasteiger partial charge < -0.3 is 20.9 Å². The Balaban J connectivity index is 1.78. The molecule has 1 atom stereocenters. The van der Waals surface area contributed by atoms with E-state index in [-0.39, 0.29) is 6.04 Å². The number of primary amides is 1. The monoisotopic (exact) mass is 380 g/mol. The zero-order valence-electron chi connectivity index (χ0n) is 14.6. The number of nitrogens with one attached hydrogen (secondary N) is 1. The number of halogens is 3. The van der Waals surface area contributed by atoms with Crippen molar-refractivity contribution in [1.82, 2.24) is 14.9 Å². The lowest BCUT2D eigenvalue weighted by Crippen LogP contribution is -2.55. The summed E-state index contributed by atoms with van der Waals surface area (Å²) >= 11 is 0. The Morgan fingerprint density at radius 2 is 1.85 bits per heavy atom. The van der Waals surface area contributed by atoms with Gasteiger partial charge in [-0.15, -0.1) is 0 Å².